The molecule has 0 aliphatic rings. The van der Waals surface area contributed by atoms with Crippen LogP contribution in [0.1, 0.15) is 38.9 Å². The molecule has 0 amide bonds. The Morgan fingerprint density at radius 1 is 1.19 bits per heavy atom. The molecule has 1 aromatic carbocycles. The van der Waals surface area contributed by atoms with Crippen LogP contribution in [-0.4, -0.2) is 22.8 Å². The van der Waals surface area contributed by atoms with E-state index in [0.29, 0.717) is 11.3 Å². The Labute approximate surface area is 131 Å². The molecule has 0 bridgehead atoms. The van der Waals surface area contributed by atoms with Crippen molar-refractivity contribution < 1.29 is 14.3 Å². The molecule has 1 aromatic heterocycles. The lowest BCUT2D eigenvalue weighted by Gasteiger charge is -2.12. The Balaban J connectivity index is 2.08. The molecule has 5 heteroatoms. The third-order valence-electron chi connectivity index (χ3n) is 3.31. The molecule has 0 fully saturated rings. The van der Waals surface area contributed by atoms with Crippen LogP contribution in [0.5, 0.6) is 0 Å². The third kappa shape index (κ3) is 3.61. The first-order chi connectivity index (χ1) is 9.88. The molecule has 0 saturated heterocycles. The number of esters is 1. The molecule has 4 nitrogen and oxygen atoms in total. The molecular weight excluding hydrogens is 334 g/mol. The first kappa shape index (κ1) is 15.5. The van der Waals surface area contributed by atoms with Gasteiger partial charge in [0.15, 0.2) is 6.10 Å². The highest BCUT2D eigenvalue weighted by atomic mass is 79.9. The Bertz CT molecular complexity index is 691. The number of aromatic nitrogens is 1. The fourth-order valence-corrected chi connectivity index (χ4v) is 2.24. The highest BCUT2D eigenvalue weighted by Crippen LogP contribution is 2.15. The van der Waals surface area contributed by atoms with E-state index in [-0.39, 0.29) is 5.78 Å². The van der Waals surface area contributed by atoms with Gasteiger partial charge in [-0.3, -0.25) is 4.79 Å². The standard InChI is InChI=1S/C16H16BrNO3/c1-9-4-5-12(6-10(9)2)15(19)11(3)21-16(20)14-7-13(17)8-18-14/h4-8,11,18H,1-3H3. The number of H-pyrrole nitrogens is 1. The number of nitrogens with one attached hydrogen (secondary N) is 1. The average Bonchev–Trinajstić information content (AvgIpc) is 2.87. The van der Waals surface area contributed by atoms with Gasteiger partial charge >= 0.3 is 5.97 Å². The van der Waals surface area contributed by atoms with Crippen LogP contribution in [0.15, 0.2) is 34.9 Å². The van der Waals surface area contributed by atoms with E-state index < -0.39 is 12.1 Å². The number of ketones is 1. The van der Waals surface area contributed by atoms with Gasteiger partial charge in [0.2, 0.25) is 5.78 Å². The van der Waals surface area contributed by atoms with Crippen molar-refractivity contribution in [3.05, 3.63) is 57.3 Å². The van der Waals surface area contributed by atoms with Crippen molar-refractivity contribution in [1.29, 1.82) is 0 Å². The maximum Gasteiger partial charge on any atom is 0.355 e. The van der Waals surface area contributed by atoms with Crippen LogP contribution in [0.3, 0.4) is 0 Å². The Morgan fingerprint density at radius 3 is 2.48 bits per heavy atom. The van der Waals surface area contributed by atoms with Crippen LogP contribution in [0.25, 0.3) is 0 Å². The predicted octanol–water partition coefficient (Wildman–Crippen LogP) is 3.82. The van der Waals surface area contributed by atoms with E-state index in [4.69, 9.17) is 4.74 Å². The lowest BCUT2D eigenvalue weighted by atomic mass is 10.0. The summed E-state index contributed by atoms with van der Waals surface area (Å²) in [5, 5.41) is 0. The summed E-state index contributed by atoms with van der Waals surface area (Å²) in [7, 11) is 0. The van der Waals surface area contributed by atoms with Gasteiger partial charge in [-0.05, 0) is 60.0 Å². The van der Waals surface area contributed by atoms with Crippen molar-refractivity contribution >= 4 is 27.7 Å². The fraction of sp³-hybridized carbons (Fsp3) is 0.250. The van der Waals surface area contributed by atoms with Gasteiger partial charge in [0.1, 0.15) is 5.69 Å². The lowest BCUT2D eigenvalue weighted by molar-refractivity contribution is 0.0314. The monoisotopic (exact) mass is 349 g/mol. The highest BCUT2D eigenvalue weighted by Gasteiger charge is 2.21. The van der Waals surface area contributed by atoms with Crippen molar-refractivity contribution in [2.24, 2.45) is 0 Å². The largest absolute Gasteiger partial charge is 0.450 e. The van der Waals surface area contributed by atoms with Crippen molar-refractivity contribution in [3.63, 3.8) is 0 Å². The van der Waals surface area contributed by atoms with E-state index in [0.717, 1.165) is 15.6 Å². The number of aryl methyl sites for hydroxylation is 2. The average molecular weight is 350 g/mol. The van der Waals surface area contributed by atoms with E-state index >= 15 is 0 Å². The van der Waals surface area contributed by atoms with Crippen molar-refractivity contribution in [2.75, 3.05) is 0 Å². The molecular formula is C16H16BrNO3. The molecule has 0 aliphatic carbocycles. The van der Waals surface area contributed by atoms with E-state index in [1.54, 1.807) is 25.3 Å². The van der Waals surface area contributed by atoms with Gasteiger partial charge in [-0.2, -0.15) is 0 Å². The summed E-state index contributed by atoms with van der Waals surface area (Å²) in [4.78, 5) is 27.0. The molecule has 110 valence electrons. The van der Waals surface area contributed by atoms with E-state index in [9.17, 15) is 9.59 Å². The number of rotatable bonds is 4. The van der Waals surface area contributed by atoms with E-state index in [2.05, 4.69) is 20.9 Å². The SMILES string of the molecule is Cc1ccc(C(=O)C(C)OC(=O)c2cc(Br)c[nH]2)cc1C. The molecule has 2 aromatic rings. The van der Waals surface area contributed by atoms with Gasteiger partial charge < -0.3 is 9.72 Å². The van der Waals surface area contributed by atoms with Gasteiger partial charge in [0.25, 0.3) is 0 Å². The summed E-state index contributed by atoms with van der Waals surface area (Å²) < 4.78 is 5.95. The topological polar surface area (TPSA) is 59.2 Å². The Morgan fingerprint density at radius 2 is 1.90 bits per heavy atom. The summed E-state index contributed by atoms with van der Waals surface area (Å²) in [6.45, 7) is 5.50. The minimum Gasteiger partial charge on any atom is -0.450 e. The molecule has 21 heavy (non-hydrogen) atoms. The number of hydrogen-bond acceptors (Lipinski definition) is 3. The predicted molar refractivity (Wildman–Crippen MR) is 83.6 cm³/mol. The second-order valence-corrected chi connectivity index (χ2v) is 5.86. The number of halogens is 1. The second-order valence-electron chi connectivity index (χ2n) is 4.94. The molecule has 2 rings (SSSR count). The number of benzene rings is 1. The zero-order chi connectivity index (χ0) is 15.6. The zero-order valence-electron chi connectivity index (χ0n) is 12.1. The maximum atomic E-state index is 12.3. The normalized spacial score (nSPS) is 12.0. The van der Waals surface area contributed by atoms with Gasteiger partial charge in [0, 0.05) is 16.2 Å². The van der Waals surface area contributed by atoms with Crippen LogP contribution in [0.4, 0.5) is 0 Å². The summed E-state index contributed by atoms with van der Waals surface area (Å²) in [5.74, 6) is -0.762. The molecule has 1 N–H and O–H groups in total. The minimum absolute atomic E-state index is 0.211. The maximum absolute atomic E-state index is 12.3. The van der Waals surface area contributed by atoms with Crippen molar-refractivity contribution in [3.8, 4) is 0 Å². The third-order valence-corrected chi connectivity index (χ3v) is 3.77. The molecule has 0 radical (unpaired) electrons. The molecule has 0 aliphatic heterocycles. The minimum atomic E-state index is -0.832. The molecule has 1 unspecified atom stereocenters. The van der Waals surface area contributed by atoms with Gasteiger partial charge in [-0.15, -0.1) is 0 Å². The van der Waals surface area contributed by atoms with Crippen molar-refractivity contribution in [2.45, 2.75) is 26.9 Å². The Hall–Kier alpha value is -1.88. The molecule has 1 heterocycles. The smallest absolute Gasteiger partial charge is 0.355 e. The number of carbonyl (C=O) groups excluding carboxylic acids is 2. The molecule has 0 saturated carbocycles. The second kappa shape index (κ2) is 6.26. The Kier molecular flexibility index (Phi) is 4.63. The van der Waals surface area contributed by atoms with Crippen LogP contribution in [0.2, 0.25) is 0 Å². The number of ether oxygens (including phenoxy) is 1. The van der Waals surface area contributed by atoms with Crippen LogP contribution >= 0.6 is 15.9 Å². The van der Waals surface area contributed by atoms with Crippen LogP contribution in [-0.2, 0) is 4.74 Å². The fourth-order valence-electron chi connectivity index (χ4n) is 1.89. The summed E-state index contributed by atoms with van der Waals surface area (Å²) in [6, 6.07) is 7.06. The van der Waals surface area contributed by atoms with Gasteiger partial charge in [-0.25, -0.2) is 4.79 Å². The summed E-state index contributed by atoms with van der Waals surface area (Å²) >= 11 is 3.24. The van der Waals surface area contributed by atoms with Crippen molar-refractivity contribution in [1.82, 2.24) is 4.98 Å². The number of aromatic amines is 1. The first-order valence-corrected chi connectivity index (χ1v) is 7.34. The van der Waals surface area contributed by atoms with Crippen LogP contribution in [0, 0.1) is 13.8 Å². The molecule has 0 spiro atoms. The van der Waals surface area contributed by atoms with Gasteiger partial charge in [0.05, 0.1) is 0 Å². The first-order valence-electron chi connectivity index (χ1n) is 6.55. The number of Topliss-reactive ketones (excluding diaryl/α,β-unsaturated/α-hetero) is 1. The number of hydrogen-bond donors (Lipinski definition) is 1. The van der Waals surface area contributed by atoms with Gasteiger partial charge in [-0.1, -0.05) is 12.1 Å². The number of carbonyl (C=O) groups is 2. The van der Waals surface area contributed by atoms with E-state index in [1.807, 2.05) is 26.0 Å². The zero-order valence-corrected chi connectivity index (χ0v) is 13.7. The van der Waals surface area contributed by atoms with Crippen LogP contribution < -0.4 is 0 Å². The van der Waals surface area contributed by atoms with E-state index in [1.165, 1.54) is 0 Å². The summed E-state index contributed by atoms with van der Waals surface area (Å²) in [5.41, 5.74) is 3.01. The highest BCUT2D eigenvalue weighted by molar-refractivity contribution is 9.10. The summed E-state index contributed by atoms with van der Waals surface area (Å²) in [6.07, 6.45) is 0.800. The molecule has 1 atom stereocenters. The lowest BCUT2D eigenvalue weighted by Crippen LogP contribution is -2.24. The quantitative estimate of drug-likeness (QED) is 0.674.